The third kappa shape index (κ3) is 8.79. The summed E-state index contributed by atoms with van der Waals surface area (Å²) < 4.78 is 21.2. The van der Waals surface area contributed by atoms with Crippen molar-refractivity contribution >= 4 is 45.4 Å². The lowest BCUT2D eigenvalue weighted by Crippen LogP contribution is -2.47. The fourth-order valence-corrected chi connectivity index (χ4v) is 7.45. The Morgan fingerprint density at radius 3 is 2.34 bits per heavy atom. The van der Waals surface area contributed by atoms with Crippen LogP contribution in [0.4, 0.5) is 11.4 Å². The number of carbonyl (C=O) groups is 1. The topological polar surface area (TPSA) is 105 Å². The summed E-state index contributed by atoms with van der Waals surface area (Å²) in [6.45, 7) is 9.43. The van der Waals surface area contributed by atoms with Crippen molar-refractivity contribution < 1.29 is 18.7 Å². The Kier molecular flexibility index (Phi) is 11.0. The average molecular weight is 713 g/mol. The smallest absolute Gasteiger partial charge is 0.311 e. The molecule has 0 radical (unpaired) electrons. The number of allylic oxidation sites excluding steroid dienone is 1. The first kappa shape index (κ1) is 35.3. The highest BCUT2D eigenvalue weighted by Gasteiger charge is 2.29. The predicted molar refractivity (Wildman–Crippen MR) is 199 cm³/mol. The molecule has 1 amide bonds. The van der Waals surface area contributed by atoms with Gasteiger partial charge >= 0.3 is 5.69 Å². The van der Waals surface area contributed by atoms with Gasteiger partial charge in [0.15, 0.2) is 16.7 Å². The maximum atomic E-state index is 13.1. The number of amides is 1. The van der Waals surface area contributed by atoms with Crippen LogP contribution in [0.1, 0.15) is 54.6 Å². The number of hydrogen-bond acceptors (Lipinski definition) is 7. The fourth-order valence-electron chi connectivity index (χ4n) is 6.54. The Balaban J connectivity index is 1.04. The van der Waals surface area contributed by atoms with Crippen molar-refractivity contribution in [2.45, 2.75) is 44.6 Å². The first-order valence-corrected chi connectivity index (χ1v) is 18.3. The number of hydrogen-bond donors (Lipinski definition) is 1. The largest absolute Gasteiger partial charge is 0.482 e. The Bertz CT molecular complexity index is 1890. The van der Waals surface area contributed by atoms with Crippen LogP contribution in [0.3, 0.4) is 0 Å². The van der Waals surface area contributed by atoms with E-state index >= 15 is 0 Å². The van der Waals surface area contributed by atoms with Crippen molar-refractivity contribution in [2.75, 3.05) is 37.6 Å². The molecule has 0 bridgehead atoms. The highest BCUT2D eigenvalue weighted by Crippen LogP contribution is 2.43. The second-order valence-electron chi connectivity index (χ2n) is 13.6. The number of anilines is 1. The first-order valence-electron chi connectivity index (χ1n) is 16.8. The number of ether oxygens (including phenoxy) is 1. The van der Waals surface area contributed by atoms with Crippen LogP contribution in [-0.4, -0.2) is 52.7 Å². The summed E-state index contributed by atoms with van der Waals surface area (Å²) in [6, 6.07) is 28.8. The molecular formula is C39H41ClN4O5S. The molecule has 260 valence electrons. The lowest BCUT2D eigenvalue weighted by atomic mass is 9.72. The Morgan fingerprint density at radius 2 is 1.66 bits per heavy atom. The summed E-state index contributed by atoms with van der Waals surface area (Å²) in [5.74, 6) is -0.636. The van der Waals surface area contributed by atoms with Gasteiger partial charge in [-0.1, -0.05) is 73.5 Å². The van der Waals surface area contributed by atoms with Gasteiger partial charge < -0.3 is 9.64 Å². The van der Waals surface area contributed by atoms with Crippen molar-refractivity contribution in [2.24, 2.45) is 5.41 Å². The van der Waals surface area contributed by atoms with Gasteiger partial charge in [-0.05, 0) is 89.9 Å². The zero-order valence-corrected chi connectivity index (χ0v) is 29.8. The number of carbonyl (C=O) groups excluding carboxylic acids is 1. The third-order valence-corrected chi connectivity index (χ3v) is 10.7. The van der Waals surface area contributed by atoms with Crippen molar-refractivity contribution in [3.63, 3.8) is 0 Å². The van der Waals surface area contributed by atoms with Crippen LogP contribution >= 0.6 is 11.6 Å². The van der Waals surface area contributed by atoms with Crippen LogP contribution in [0.2, 0.25) is 5.02 Å². The van der Waals surface area contributed by atoms with E-state index in [4.69, 9.17) is 16.3 Å². The van der Waals surface area contributed by atoms with Gasteiger partial charge in [-0.25, -0.2) is 4.21 Å². The van der Waals surface area contributed by atoms with E-state index in [1.54, 1.807) is 12.1 Å². The van der Waals surface area contributed by atoms with Gasteiger partial charge in [0.05, 0.1) is 9.82 Å². The average Bonchev–Trinajstić information content (AvgIpc) is 3.12. The number of rotatable bonds is 11. The van der Waals surface area contributed by atoms with Crippen molar-refractivity contribution in [3.8, 4) is 5.75 Å². The summed E-state index contributed by atoms with van der Waals surface area (Å²) in [7, 11) is -1.85. The SMILES string of the molecule is CC1(C)CCC(CN2CCN(c3ccc(S(=O)NC(=O)c4ccc(OCc5ccccc5)c([N+](=O)[O-])c4)cc3)CC2)=C(c2ccc(Cl)cc2)C1. The fraction of sp³-hybridized carbons (Fsp3) is 0.308. The number of benzene rings is 4. The van der Waals surface area contributed by atoms with E-state index in [1.807, 2.05) is 54.6 Å². The minimum atomic E-state index is -1.85. The Hall–Kier alpha value is -4.51. The van der Waals surface area contributed by atoms with E-state index in [2.05, 4.69) is 40.5 Å². The zero-order chi connectivity index (χ0) is 35.3. The van der Waals surface area contributed by atoms with Crippen molar-refractivity contribution in [3.05, 3.63) is 134 Å². The highest BCUT2D eigenvalue weighted by atomic mass is 35.5. The van der Waals surface area contributed by atoms with Gasteiger partial charge in [-0.15, -0.1) is 0 Å². The lowest BCUT2D eigenvalue weighted by molar-refractivity contribution is -0.386. The molecule has 4 aromatic rings. The molecule has 2 aliphatic rings. The zero-order valence-electron chi connectivity index (χ0n) is 28.3. The van der Waals surface area contributed by atoms with Crippen LogP contribution in [0.5, 0.6) is 5.75 Å². The molecule has 1 aliphatic heterocycles. The molecule has 0 spiro atoms. The van der Waals surface area contributed by atoms with Gasteiger partial charge in [0.1, 0.15) is 6.61 Å². The molecule has 1 N–H and O–H groups in total. The van der Waals surface area contributed by atoms with Gasteiger partial charge in [0, 0.05) is 55.1 Å². The molecule has 1 unspecified atom stereocenters. The molecule has 4 aromatic carbocycles. The molecule has 1 atom stereocenters. The molecule has 0 saturated carbocycles. The van der Waals surface area contributed by atoms with E-state index in [-0.39, 0.29) is 29.0 Å². The van der Waals surface area contributed by atoms with Crippen LogP contribution in [-0.2, 0) is 17.6 Å². The summed E-state index contributed by atoms with van der Waals surface area (Å²) in [5.41, 5.74) is 6.08. The number of nitro benzene ring substituents is 1. The van der Waals surface area contributed by atoms with Crippen molar-refractivity contribution in [1.29, 1.82) is 0 Å². The van der Waals surface area contributed by atoms with Crippen molar-refractivity contribution in [1.82, 2.24) is 9.62 Å². The van der Waals surface area contributed by atoms with Gasteiger partial charge in [0.25, 0.3) is 5.91 Å². The molecule has 6 rings (SSSR count). The standard InChI is InChI=1S/C39H41ClN4O5S/c1-39(2)19-18-31(35(25-39)29-8-11-32(40)12-9-29)26-42-20-22-43(23-21-42)33-13-15-34(16-14-33)50(48)41-38(45)30-10-17-37(36(24-30)44(46)47)49-27-28-6-4-3-5-7-28/h3-17,24H,18-23,25-27H2,1-2H3,(H,41,45). The Labute approximate surface area is 300 Å². The summed E-state index contributed by atoms with van der Waals surface area (Å²) in [5, 5.41) is 12.5. The molecule has 50 heavy (non-hydrogen) atoms. The minimum absolute atomic E-state index is 0.0135. The van der Waals surface area contributed by atoms with Crippen LogP contribution in [0.25, 0.3) is 5.57 Å². The quantitative estimate of drug-likeness (QED) is 0.124. The molecule has 1 saturated heterocycles. The number of piperazine rings is 1. The molecular weight excluding hydrogens is 672 g/mol. The molecule has 1 heterocycles. The molecule has 1 fully saturated rings. The minimum Gasteiger partial charge on any atom is -0.482 e. The summed E-state index contributed by atoms with van der Waals surface area (Å²) in [6.07, 6.45) is 3.35. The molecule has 9 nitrogen and oxygen atoms in total. The highest BCUT2D eigenvalue weighted by molar-refractivity contribution is 7.83. The monoisotopic (exact) mass is 712 g/mol. The van der Waals surface area contributed by atoms with E-state index in [1.165, 1.54) is 35.3 Å². The third-order valence-electron chi connectivity index (χ3n) is 9.42. The number of nitro groups is 1. The van der Waals surface area contributed by atoms with Crippen LogP contribution in [0, 0.1) is 15.5 Å². The maximum Gasteiger partial charge on any atom is 0.311 e. The summed E-state index contributed by atoms with van der Waals surface area (Å²) >= 11 is 6.19. The van der Waals surface area contributed by atoms with Gasteiger partial charge in [-0.2, -0.15) is 0 Å². The molecule has 1 aliphatic carbocycles. The van der Waals surface area contributed by atoms with E-state index in [9.17, 15) is 19.1 Å². The number of halogens is 1. The summed E-state index contributed by atoms with van der Waals surface area (Å²) in [4.78, 5) is 29.4. The number of nitrogens with one attached hydrogen (secondary N) is 1. The van der Waals surface area contributed by atoms with E-state index < -0.39 is 21.8 Å². The number of nitrogens with zero attached hydrogens (tertiary/aromatic N) is 3. The predicted octanol–water partition coefficient (Wildman–Crippen LogP) is 8.07. The van der Waals surface area contributed by atoms with E-state index in [0.717, 1.165) is 67.9 Å². The molecule has 0 aromatic heterocycles. The maximum absolute atomic E-state index is 13.1. The van der Waals surface area contributed by atoms with E-state index in [0.29, 0.717) is 4.90 Å². The van der Waals surface area contributed by atoms with Crippen LogP contribution in [0.15, 0.2) is 108 Å². The lowest BCUT2D eigenvalue weighted by Gasteiger charge is -2.39. The van der Waals surface area contributed by atoms with Gasteiger partial charge in [0.2, 0.25) is 0 Å². The first-order chi connectivity index (χ1) is 24.0. The molecule has 11 heteroatoms. The van der Waals surface area contributed by atoms with Crippen LogP contribution < -0.4 is 14.4 Å². The van der Waals surface area contributed by atoms with Gasteiger partial charge in [-0.3, -0.25) is 24.5 Å². The Morgan fingerprint density at radius 1 is 0.960 bits per heavy atom. The second kappa shape index (κ2) is 15.6. The normalized spacial score (nSPS) is 16.9. The second-order valence-corrected chi connectivity index (χ2v) is 15.3.